The Bertz CT molecular complexity index is 663. The normalized spacial score (nSPS) is 12.1. The molecule has 1 aromatic carbocycles. The van der Waals surface area contributed by atoms with Crippen molar-refractivity contribution in [3.8, 4) is 17.2 Å². The largest absolute Gasteiger partial charge is 0.497 e. The summed E-state index contributed by atoms with van der Waals surface area (Å²) in [7, 11) is 0.0819. The number of hydrogen-bond acceptors (Lipinski definition) is 5. The second kappa shape index (κ2) is 6.53. The van der Waals surface area contributed by atoms with Crippen LogP contribution in [-0.4, -0.2) is 33.1 Å². The van der Waals surface area contributed by atoms with Crippen LogP contribution in [0.2, 0.25) is 0 Å². The molecule has 0 bridgehead atoms. The van der Waals surface area contributed by atoms with Crippen molar-refractivity contribution < 1.29 is 23.3 Å². The van der Waals surface area contributed by atoms with Crippen LogP contribution in [0, 0.1) is 6.92 Å². The van der Waals surface area contributed by atoms with Crippen LogP contribution in [0.4, 0.5) is 0 Å². The molecule has 1 aromatic heterocycles. The van der Waals surface area contributed by atoms with Crippen molar-refractivity contribution in [1.82, 2.24) is 4.98 Å². The molecule has 2 aromatic rings. The third-order valence-electron chi connectivity index (χ3n) is 2.81. The Morgan fingerprint density at radius 3 is 2.62 bits per heavy atom. The summed E-state index contributed by atoms with van der Waals surface area (Å²) < 4.78 is 22.3. The highest BCUT2D eigenvalue weighted by Crippen LogP contribution is 2.24. The molecule has 0 spiro atoms. The number of carboxylic acids is 1. The van der Waals surface area contributed by atoms with Gasteiger partial charge in [0.2, 0.25) is 5.89 Å². The topological polar surface area (TPSA) is 89.6 Å². The van der Waals surface area contributed by atoms with Crippen molar-refractivity contribution >= 4 is 16.8 Å². The molecule has 0 aliphatic rings. The zero-order valence-corrected chi connectivity index (χ0v) is 12.5. The number of nitrogens with zero attached hydrogens (tertiary/aromatic N) is 1. The van der Waals surface area contributed by atoms with E-state index >= 15 is 0 Å². The van der Waals surface area contributed by atoms with E-state index in [-0.39, 0.29) is 5.75 Å². The van der Waals surface area contributed by atoms with Crippen molar-refractivity contribution in [3.05, 3.63) is 35.7 Å². The molecule has 112 valence electrons. The van der Waals surface area contributed by atoms with E-state index in [0.29, 0.717) is 17.3 Å². The Balaban J connectivity index is 2.17. The van der Waals surface area contributed by atoms with Crippen LogP contribution in [0.1, 0.15) is 11.5 Å². The number of carbonyl (C=O) groups is 1. The first-order valence-corrected chi connectivity index (χ1v) is 7.66. The van der Waals surface area contributed by atoms with E-state index in [4.69, 9.17) is 14.3 Å². The second-order valence-electron chi connectivity index (χ2n) is 4.37. The molecule has 6 nitrogen and oxygen atoms in total. The Hall–Kier alpha value is -2.15. The van der Waals surface area contributed by atoms with Gasteiger partial charge in [-0.25, -0.2) is 4.98 Å². The number of carboxylic acid groups (broad SMARTS) is 1. The van der Waals surface area contributed by atoms with Crippen molar-refractivity contribution in [2.75, 3.05) is 12.9 Å². The molecule has 0 aliphatic carbocycles. The maximum absolute atomic E-state index is 11.6. The minimum absolute atomic E-state index is 0.0673. The molecule has 7 heteroatoms. The average Bonchev–Trinajstić information content (AvgIpc) is 2.79. The summed E-state index contributed by atoms with van der Waals surface area (Å²) in [4.78, 5) is 14.8. The Morgan fingerprint density at radius 2 is 2.05 bits per heavy atom. The van der Waals surface area contributed by atoms with Gasteiger partial charge in [-0.05, 0) is 31.2 Å². The maximum Gasteiger partial charge on any atom is 0.316 e. The van der Waals surface area contributed by atoms with Gasteiger partial charge in [0.05, 0.1) is 18.6 Å². The quantitative estimate of drug-likeness (QED) is 0.877. The van der Waals surface area contributed by atoms with Crippen molar-refractivity contribution in [2.24, 2.45) is 0 Å². The van der Waals surface area contributed by atoms with E-state index < -0.39 is 22.5 Å². The molecule has 1 unspecified atom stereocenters. The maximum atomic E-state index is 11.6. The molecule has 0 radical (unpaired) electrons. The lowest BCUT2D eigenvalue weighted by molar-refractivity contribution is -0.133. The van der Waals surface area contributed by atoms with Crippen molar-refractivity contribution in [2.45, 2.75) is 12.7 Å². The number of aryl methyl sites for hydroxylation is 1. The minimum atomic E-state index is -1.50. The molecule has 0 amide bonds. The SMILES string of the molecule is COc1ccc(-c2nc(CS(=O)CC(=O)O)c(C)o2)cc1. The van der Waals surface area contributed by atoms with E-state index in [9.17, 15) is 9.00 Å². The van der Waals surface area contributed by atoms with Gasteiger partial charge < -0.3 is 14.3 Å². The van der Waals surface area contributed by atoms with E-state index in [1.165, 1.54) is 0 Å². The summed E-state index contributed by atoms with van der Waals surface area (Å²) in [5, 5.41) is 8.62. The molecule has 2 rings (SSSR count). The molecule has 1 heterocycles. The fourth-order valence-electron chi connectivity index (χ4n) is 1.76. The Kier molecular flexibility index (Phi) is 4.74. The third kappa shape index (κ3) is 3.91. The highest BCUT2D eigenvalue weighted by Gasteiger charge is 2.15. The number of methoxy groups -OCH3 is 1. The number of aromatic nitrogens is 1. The predicted molar refractivity (Wildman–Crippen MR) is 77.6 cm³/mol. The molecular formula is C14H15NO5S. The predicted octanol–water partition coefficient (Wildman–Crippen LogP) is 1.99. The van der Waals surface area contributed by atoms with E-state index in [2.05, 4.69) is 4.98 Å². The van der Waals surface area contributed by atoms with Crippen LogP contribution >= 0.6 is 0 Å². The summed E-state index contributed by atoms with van der Waals surface area (Å²) in [6.45, 7) is 1.72. The number of oxazole rings is 1. The molecule has 21 heavy (non-hydrogen) atoms. The van der Waals surface area contributed by atoms with Gasteiger partial charge in [0.25, 0.3) is 0 Å². The summed E-state index contributed by atoms with van der Waals surface area (Å²) >= 11 is 0. The summed E-state index contributed by atoms with van der Waals surface area (Å²) in [5.41, 5.74) is 1.29. The fourth-order valence-corrected chi connectivity index (χ4v) is 2.71. The standard InChI is InChI=1S/C14H15NO5S/c1-9-12(7-21(18)8-13(16)17)15-14(20-9)10-3-5-11(19-2)6-4-10/h3-6H,7-8H2,1-2H3,(H,16,17). The lowest BCUT2D eigenvalue weighted by atomic mass is 10.2. The zero-order chi connectivity index (χ0) is 15.4. The van der Waals surface area contributed by atoms with E-state index in [1.54, 1.807) is 26.2 Å². The molecule has 0 fully saturated rings. The van der Waals surface area contributed by atoms with Crippen LogP contribution in [-0.2, 0) is 21.3 Å². The number of ether oxygens (including phenoxy) is 1. The summed E-state index contributed by atoms with van der Waals surface area (Å²) in [6, 6.07) is 7.19. The smallest absolute Gasteiger partial charge is 0.316 e. The van der Waals surface area contributed by atoms with E-state index in [0.717, 1.165) is 11.3 Å². The van der Waals surface area contributed by atoms with Crippen LogP contribution < -0.4 is 4.74 Å². The monoisotopic (exact) mass is 309 g/mol. The van der Waals surface area contributed by atoms with Crippen LogP contribution in [0.5, 0.6) is 5.75 Å². The average molecular weight is 309 g/mol. The molecule has 0 saturated heterocycles. The highest BCUT2D eigenvalue weighted by molar-refractivity contribution is 7.84. The third-order valence-corrected chi connectivity index (χ3v) is 3.98. The molecule has 0 aliphatic heterocycles. The van der Waals surface area contributed by atoms with Gasteiger partial charge in [-0.2, -0.15) is 0 Å². The van der Waals surface area contributed by atoms with Crippen LogP contribution in [0.15, 0.2) is 28.7 Å². The molecule has 1 N–H and O–H groups in total. The van der Waals surface area contributed by atoms with Gasteiger partial charge in [0.1, 0.15) is 17.3 Å². The van der Waals surface area contributed by atoms with Crippen LogP contribution in [0.3, 0.4) is 0 Å². The highest BCUT2D eigenvalue weighted by atomic mass is 32.2. The number of aliphatic carboxylic acids is 1. The second-order valence-corrected chi connectivity index (χ2v) is 5.83. The number of hydrogen-bond donors (Lipinski definition) is 1. The lowest BCUT2D eigenvalue weighted by Crippen LogP contribution is -2.11. The first-order valence-electron chi connectivity index (χ1n) is 6.17. The number of benzene rings is 1. The first kappa shape index (κ1) is 15.2. The summed E-state index contributed by atoms with van der Waals surface area (Å²) in [5.74, 6) is 0.258. The van der Waals surface area contributed by atoms with Gasteiger partial charge in [0, 0.05) is 16.4 Å². The lowest BCUT2D eigenvalue weighted by Gasteiger charge is -1.99. The van der Waals surface area contributed by atoms with Gasteiger partial charge >= 0.3 is 5.97 Å². The van der Waals surface area contributed by atoms with Gasteiger partial charge in [-0.15, -0.1) is 0 Å². The Morgan fingerprint density at radius 1 is 1.38 bits per heavy atom. The molecule has 1 atom stereocenters. The fraction of sp³-hybridized carbons (Fsp3) is 0.286. The van der Waals surface area contributed by atoms with Crippen LogP contribution in [0.25, 0.3) is 11.5 Å². The van der Waals surface area contributed by atoms with Crippen molar-refractivity contribution in [1.29, 1.82) is 0 Å². The number of rotatable bonds is 6. The molecule has 0 saturated carbocycles. The zero-order valence-electron chi connectivity index (χ0n) is 11.7. The van der Waals surface area contributed by atoms with E-state index in [1.807, 2.05) is 12.1 Å². The van der Waals surface area contributed by atoms with Gasteiger partial charge in [0.15, 0.2) is 0 Å². The van der Waals surface area contributed by atoms with Gasteiger partial charge in [-0.3, -0.25) is 9.00 Å². The summed E-state index contributed by atoms with van der Waals surface area (Å²) in [6.07, 6.45) is 0. The first-order chi connectivity index (χ1) is 9.99. The van der Waals surface area contributed by atoms with Crippen molar-refractivity contribution in [3.63, 3.8) is 0 Å². The van der Waals surface area contributed by atoms with Gasteiger partial charge in [-0.1, -0.05) is 0 Å². The molecular weight excluding hydrogens is 294 g/mol. The minimum Gasteiger partial charge on any atom is -0.497 e. The Labute approximate surface area is 124 Å².